The lowest BCUT2D eigenvalue weighted by Gasteiger charge is -2.26. The standard InChI is InChI=1S/C8H5NO5/c10-6-1-2-7(11)14-8(13-6)5-9-3-4-12-8/h1-5H. The summed E-state index contributed by atoms with van der Waals surface area (Å²) < 4.78 is 14.3. The summed E-state index contributed by atoms with van der Waals surface area (Å²) in [4.78, 5) is 25.6. The van der Waals surface area contributed by atoms with E-state index in [-0.39, 0.29) is 0 Å². The monoisotopic (exact) mass is 195 g/mol. The van der Waals surface area contributed by atoms with Gasteiger partial charge in [-0.15, -0.1) is 0 Å². The van der Waals surface area contributed by atoms with Crippen LogP contribution >= 0.6 is 0 Å². The van der Waals surface area contributed by atoms with Crippen LogP contribution in [0.2, 0.25) is 0 Å². The van der Waals surface area contributed by atoms with Crippen LogP contribution in [0.5, 0.6) is 0 Å². The summed E-state index contributed by atoms with van der Waals surface area (Å²) >= 11 is 0. The maximum atomic E-state index is 11.0. The van der Waals surface area contributed by atoms with Crippen molar-refractivity contribution in [2.45, 2.75) is 5.97 Å². The van der Waals surface area contributed by atoms with Crippen LogP contribution in [0.15, 0.2) is 29.6 Å². The topological polar surface area (TPSA) is 74.2 Å². The van der Waals surface area contributed by atoms with Gasteiger partial charge in [-0.25, -0.2) is 9.59 Å². The van der Waals surface area contributed by atoms with Gasteiger partial charge in [-0.1, -0.05) is 0 Å². The Balaban J connectivity index is 2.28. The molecule has 14 heavy (non-hydrogen) atoms. The second kappa shape index (κ2) is 2.99. The minimum atomic E-state index is -1.85. The van der Waals surface area contributed by atoms with E-state index < -0.39 is 17.9 Å². The molecule has 1 spiro atoms. The van der Waals surface area contributed by atoms with E-state index in [0.717, 1.165) is 24.6 Å². The number of aliphatic imine (C=N–C) groups is 1. The number of carbonyl (C=O) groups excluding carboxylic acids is 2. The zero-order valence-corrected chi connectivity index (χ0v) is 6.88. The lowest BCUT2D eigenvalue weighted by atomic mass is 10.5. The molecule has 2 heterocycles. The van der Waals surface area contributed by atoms with Crippen molar-refractivity contribution in [1.29, 1.82) is 0 Å². The van der Waals surface area contributed by atoms with Crippen LogP contribution in [0.3, 0.4) is 0 Å². The van der Waals surface area contributed by atoms with E-state index in [1.54, 1.807) is 0 Å². The largest absolute Gasteiger partial charge is 0.462 e. The van der Waals surface area contributed by atoms with Crippen LogP contribution in [-0.4, -0.2) is 24.1 Å². The average Bonchev–Trinajstić information content (AvgIpc) is 2.27. The molecule has 0 aromatic carbocycles. The molecule has 0 radical (unpaired) electrons. The maximum Gasteiger partial charge on any atom is 0.462 e. The van der Waals surface area contributed by atoms with E-state index in [2.05, 4.69) is 4.99 Å². The molecule has 0 aliphatic carbocycles. The predicted molar refractivity (Wildman–Crippen MR) is 42.8 cm³/mol. The quantitative estimate of drug-likeness (QED) is 0.503. The predicted octanol–water partition coefficient (Wildman–Crippen LogP) is -0.131. The van der Waals surface area contributed by atoms with Gasteiger partial charge in [-0.05, 0) is 0 Å². The highest BCUT2D eigenvalue weighted by atomic mass is 16.9. The number of hydrogen-bond acceptors (Lipinski definition) is 6. The van der Waals surface area contributed by atoms with Crippen molar-refractivity contribution in [3.05, 3.63) is 24.6 Å². The van der Waals surface area contributed by atoms with Gasteiger partial charge in [0.05, 0.1) is 6.20 Å². The number of hydrogen-bond donors (Lipinski definition) is 0. The van der Waals surface area contributed by atoms with Crippen molar-refractivity contribution in [3.8, 4) is 0 Å². The molecule has 2 aliphatic heterocycles. The second-order valence-corrected chi connectivity index (χ2v) is 2.46. The molecule has 0 N–H and O–H groups in total. The molecule has 0 saturated carbocycles. The van der Waals surface area contributed by atoms with E-state index in [1.165, 1.54) is 6.20 Å². The summed E-state index contributed by atoms with van der Waals surface area (Å²) in [6.45, 7) is 0. The van der Waals surface area contributed by atoms with Crippen LogP contribution in [0, 0.1) is 0 Å². The van der Waals surface area contributed by atoms with Crippen molar-refractivity contribution in [1.82, 2.24) is 0 Å². The minimum absolute atomic E-state index is 0.738. The summed E-state index contributed by atoms with van der Waals surface area (Å²) in [5, 5.41) is 0. The van der Waals surface area contributed by atoms with E-state index in [4.69, 9.17) is 14.2 Å². The molecule has 2 rings (SSSR count). The molecule has 6 heteroatoms. The third-order valence-electron chi connectivity index (χ3n) is 1.45. The first-order chi connectivity index (χ1) is 6.70. The molecule has 0 aromatic heterocycles. The SMILES string of the molecule is O=C1C=CC(=O)OC2(C=NC=CO2)O1. The fraction of sp³-hybridized carbons (Fsp3) is 0.125. The van der Waals surface area contributed by atoms with Gasteiger partial charge in [0, 0.05) is 12.2 Å². The highest BCUT2D eigenvalue weighted by molar-refractivity contribution is 5.95. The molecular formula is C8H5NO5. The van der Waals surface area contributed by atoms with Gasteiger partial charge in [-0.2, -0.15) is 0 Å². The molecule has 0 fully saturated rings. The smallest absolute Gasteiger partial charge is 0.422 e. The number of carbonyl (C=O) groups is 2. The first-order valence-corrected chi connectivity index (χ1v) is 3.71. The molecule has 0 saturated heterocycles. The van der Waals surface area contributed by atoms with Gasteiger partial charge >= 0.3 is 17.9 Å². The zero-order chi connectivity index (χ0) is 10.0. The molecule has 0 bridgehead atoms. The first-order valence-electron chi connectivity index (χ1n) is 3.71. The Morgan fingerprint density at radius 1 is 1.14 bits per heavy atom. The van der Waals surface area contributed by atoms with Crippen LogP contribution in [0.25, 0.3) is 0 Å². The molecule has 0 unspecified atom stereocenters. The Morgan fingerprint density at radius 3 is 2.29 bits per heavy atom. The van der Waals surface area contributed by atoms with Crippen LogP contribution in [-0.2, 0) is 23.8 Å². The van der Waals surface area contributed by atoms with Gasteiger partial charge in [0.25, 0.3) is 0 Å². The molecule has 72 valence electrons. The van der Waals surface area contributed by atoms with Crippen molar-refractivity contribution in [2.75, 3.05) is 0 Å². The van der Waals surface area contributed by atoms with Crippen molar-refractivity contribution >= 4 is 18.2 Å². The molecule has 0 aromatic rings. The van der Waals surface area contributed by atoms with E-state index in [0.29, 0.717) is 0 Å². The summed E-state index contributed by atoms with van der Waals surface area (Å²) in [6.07, 6.45) is 5.46. The first kappa shape index (κ1) is 8.49. The van der Waals surface area contributed by atoms with Crippen LogP contribution < -0.4 is 0 Å². The van der Waals surface area contributed by atoms with Gasteiger partial charge in [-0.3, -0.25) is 4.99 Å². The van der Waals surface area contributed by atoms with Crippen LogP contribution in [0.4, 0.5) is 0 Å². The zero-order valence-electron chi connectivity index (χ0n) is 6.88. The molecule has 6 nitrogen and oxygen atoms in total. The third-order valence-corrected chi connectivity index (χ3v) is 1.45. The van der Waals surface area contributed by atoms with Gasteiger partial charge < -0.3 is 14.2 Å². The Labute approximate surface area is 78.5 Å². The average molecular weight is 195 g/mol. The number of nitrogens with zero attached hydrogens (tertiary/aromatic N) is 1. The lowest BCUT2D eigenvalue weighted by molar-refractivity contribution is -0.277. The summed E-state index contributed by atoms with van der Waals surface area (Å²) in [5.74, 6) is -3.33. The molecule has 2 aliphatic rings. The Hall–Kier alpha value is -2.11. The summed E-state index contributed by atoms with van der Waals surface area (Å²) in [5.41, 5.74) is 0. The Kier molecular flexibility index (Phi) is 1.81. The van der Waals surface area contributed by atoms with E-state index >= 15 is 0 Å². The van der Waals surface area contributed by atoms with Crippen molar-refractivity contribution in [3.63, 3.8) is 0 Å². The third kappa shape index (κ3) is 1.49. The Morgan fingerprint density at radius 2 is 1.79 bits per heavy atom. The number of ether oxygens (including phenoxy) is 3. The number of rotatable bonds is 0. The normalized spacial score (nSPS) is 22.6. The highest BCUT2D eigenvalue weighted by Crippen LogP contribution is 2.19. The lowest BCUT2D eigenvalue weighted by Crippen LogP contribution is -2.42. The molecular weight excluding hydrogens is 190 g/mol. The van der Waals surface area contributed by atoms with Crippen molar-refractivity contribution in [2.24, 2.45) is 4.99 Å². The van der Waals surface area contributed by atoms with E-state index in [9.17, 15) is 9.59 Å². The fourth-order valence-electron chi connectivity index (χ4n) is 0.931. The summed E-state index contributed by atoms with van der Waals surface area (Å²) in [7, 11) is 0. The molecule has 0 atom stereocenters. The van der Waals surface area contributed by atoms with Crippen molar-refractivity contribution < 1.29 is 23.8 Å². The molecule has 0 amide bonds. The van der Waals surface area contributed by atoms with Gasteiger partial charge in [0.2, 0.25) is 0 Å². The Bertz CT molecular complexity index is 348. The maximum absolute atomic E-state index is 11.0. The highest BCUT2D eigenvalue weighted by Gasteiger charge is 2.41. The second-order valence-electron chi connectivity index (χ2n) is 2.46. The van der Waals surface area contributed by atoms with E-state index in [1.807, 2.05) is 0 Å². The van der Waals surface area contributed by atoms with Gasteiger partial charge in [0.1, 0.15) is 12.5 Å². The van der Waals surface area contributed by atoms with Gasteiger partial charge in [0.15, 0.2) is 0 Å². The van der Waals surface area contributed by atoms with Crippen LogP contribution in [0.1, 0.15) is 0 Å². The number of esters is 2. The fourth-order valence-corrected chi connectivity index (χ4v) is 0.931. The summed E-state index contributed by atoms with van der Waals surface area (Å²) in [6, 6.07) is 0. The minimum Gasteiger partial charge on any atom is -0.422 e.